The Morgan fingerprint density at radius 2 is 2.50 bits per heavy atom. The van der Waals surface area contributed by atoms with Crippen molar-refractivity contribution in [1.29, 1.82) is 0 Å². The second-order valence-corrected chi connectivity index (χ2v) is 4.69. The van der Waals surface area contributed by atoms with Gasteiger partial charge in [-0.2, -0.15) is 10.2 Å². The second kappa shape index (κ2) is 5.27. The van der Waals surface area contributed by atoms with Gasteiger partial charge in [-0.05, 0) is 19.1 Å². The van der Waals surface area contributed by atoms with Crippen LogP contribution in [0.4, 0.5) is 0 Å². The van der Waals surface area contributed by atoms with Gasteiger partial charge in [0.25, 0.3) is 0 Å². The molecule has 0 spiro atoms. The van der Waals surface area contributed by atoms with Gasteiger partial charge >= 0.3 is 0 Å². The van der Waals surface area contributed by atoms with E-state index in [4.69, 9.17) is 0 Å². The van der Waals surface area contributed by atoms with Crippen LogP contribution in [0.15, 0.2) is 12.1 Å². The van der Waals surface area contributed by atoms with E-state index in [2.05, 4.69) is 20.8 Å². The zero-order valence-electron chi connectivity index (χ0n) is 9.06. The second-order valence-electron chi connectivity index (χ2n) is 3.66. The molecule has 1 aliphatic rings. The minimum Gasteiger partial charge on any atom is -0.349 e. The van der Waals surface area contributed by atoms with E-state index in [1.807, 2.05) is 19.1 Å². The fourth-order valence-electron chi connectivity index (χ4n) is 1.39. The molecular weight excluding hydrogens is 224 g/mol. The lowest BCUT2D eigenvalue weighted by Gasteiger charge is -2.09. The third-order valence-electron chi connectivity index (χ3n) is 2.33. The van der Waals surface area contributed by atoms with Crippen LogP contribution in [0.1, 0.15) is 11.4 Å². The molecule has 0 aromatic carbocycles. The van der Waals surface area contributed by atoms with E-state index in [1.165, 1.54) is 0 Å². The van der Waals surface area contributed by atoms with Crippen molar-refractivity contribution in [1.82, 2.24) is 20.8 Å². The van der Waals surface area contributed by atoms with Gasteiger partial charge in [0.15, 0.2) is 0 Å². The van der Waals surface area contributed by atoms with Crippen LogP contribution < -0.4 is 10.6 Å². The van der Waals surface area contributed by atoms with E-state index in [-0.39, 0.29) is 11.9 Å². The van der Waals surface area contributed by atoms with Gasteiger partial charge in [0.05, 0.1) is 24.0 Å². The SMILES string of the molecule is Cc1ccc(CNC(=O)C2CSCN2)nn1. The maximum absolute atomic E-state index is 11.7. The van der Waals surface area contributed by atoms with Crippen LogP contribution >= 0.6 is 11.8 Å². The normalized spacial score (nSPS) is 19.7. The smallest absolute Gasteiger partial charge is 0.238 e. The summed E-state index contributed by atoms with van der Waals surface area (Å²) in [4.78, 5) is 11.7. The van der Waals surface area contributed by atoms with Gasteiger partial charge in [-0.1, -0.05) is 0 Å². The van der Waals surface area contributed by atoms with Gasteiger partial charge in [0, 0.05) is 11.6 Å². The zero-order chi connectivity index (χ0) is 11.4. The van der Waals surface area contributed by atoms with Crippen molar-refractivity contribution in [3.8, 4) is 0 Å². The highest BCUT2D eigenvalue weighted by molar-refractivity contribution is 7.99. The van der Waals surface area contributed by atoms with Crippen LogP contribution in [0.2, 0.25) is 0 Å². The molecule has 1 aromatic heterocycles. The molecule has 0 radical (unpaired) electrons. The average molecular weight is 238 g/mol. The largest absolute Gasteiger partial charge is 0.349 e. The van der Waals surface area contributed by atoms with Crippen LogP contribution in [0.5, 0.6) is 0 Å². The molecule has 16 heavy (non-hydrogen) atoms. The molecule has 1 saturated heterocycles. The third kappa shape index (κ3) is 2.93. The number of carbonyl (C=O) groups is 1. The number of aromatic nitrogens is 2. The molecule has 2 N–H and O–H groups in total. The predicted molar refractivity (Wildman–Crippen MR) is 62.9 cm³/mol. The fourth-order valence-corrected chi connectivity index (χ4v) is 2.33. The maximum atomic E-state index is 11.7. The summed E-state index contributed by atoms with van der Waals surface area (Å²) in [5, 5.41) is 13.9. The van der Waals surface area contributed by atoms with Gasteiger partial charge in [-0.25, -0.2) is 0 Å². The number of aryl methyl sites for hydroxylation is 1. The monoisotopic (exact) mass is 238 g/mol. The summed E-state index contributed by atoms with van der Waals surface area (Å²) in [6, 6.07) is 3.70. The Morgan fingerprint density at radius 3 is 3.12 bits per heavy atom. The number of nitrogens with zero attached hydrogens (tertiary/aromatic N) is 2. The van der Waals surface area contributed by atoms with Gasteiger partial charge in [0.1, 0.15) is 0 Å². The number of carbonyl (C=O) groups excluding carboxylic acids is 1. The van der Waals surface area contributed by atoms with E-state index in [0.717, 1.165) is 23.0 Å². The summed E-state index contributed by atoms with van der Waals surface area (Å²) < 4.78 is 0. The quantitative estimate of drug-likeness (QED) is 0.779. The minimum absolute atomic E-state index is 0.0346. The summed E-state index contributed by atoms with van der Waals surface area (Å²) in [5.41, 5.74) is 1.66. The summed E-state index contributed by atoms with van der Waals surface area (Å²) in [6.07, 6.45) is 0. The minimum atomic E-state index is -0.0663. The first kappa shape index (κ1) is 11.3. The molecule has 0 saturated carbocycles. The van der Waals surface area contributed by atoms with Gasteiger partial charge in [0.2, 0.25) is 5.91 Å². The van der Waals surface area contributed by atoms with Crippen molar-refractivity contribution in [2.45, 2.75) is 19.5 Å². The number of nitrogens with one attached hydrogen (secondary N) is 2. The van der Waals surface area contributed by atoms with Gasteiger partial charge in [-0.15, -0.1) is 11.8 Å². The summed E-state index contributed by atoms with van der Waals surface area (Å²) in [5.74, 6) is 1.72. The molecule has 1 aliphatic heterocycles. The topological polar surface area (TPSA) is 66.9 Å². The Hall–Kier alpha value is -1.14. The third-order valence-corrected chi connectivity index (χ3v) is 3.27. The number of amides is 1. The molecular formula is C10H14N4OS. The Morgan fingerprint density at radius 1 is 1.62 bits per heavy atom. The van der Waals surface area contributed by atoms with E-state index in [1.54, 1.807) is 11.8 Å². The molecule has 1 aromatic rings. The van der Waals surface area contributed by atoms with Crippen molar-refractivity contribution in [3.63, 3.8) is 0 Å². The van der Waals surface area contributed by atoms with E-state index < -0.39 is 0 Å². The van der Waals surface area contributed by atoms with Crippen molar-refractivity contribution < 1.29 is 4.79 Å². The lowest BCUT2D eigenvalue weighted by atomic mass is 10.3. The summed E-state index contributed by atoms with van der Waals surface area (Å²) >= 11 is 1.73. The highest BCUT2D eigenvalue weighted by atomic mass is 32.2. The van der Waals surface area contributed by atoms with Crippen molar-refractivity contribution >= 4 is 17.7 Å². The first-order chi connectivity index (χ1) is 7.75. The van der Waals surface area contributed by atoms with Gasteiger partial charge in [-0.3, -0.25) is 10.1 Å². The molecule has 2 rings (SSSR count). The first-order valence-corrected chi connectivity index (χ1v) is 6.29. The lowest BCUT2D eigenvalue weighted by Crippen LogP contribution is -2.41. The Kier molecular flexibility index (Phi) is 3.74. The molecule has 6 heteroatoms. The molecule has 0 aliphatic carbocycles. The highest BCUT2D eigenvalue weighted by Gasteiger charge is 2.21. The van der Waals surface area contributed by atoms with Crippen LogP contribution in [-0.4, -0.2) is 33.8 Å². The molecule has 1 amide bonds. The van der Waals surface area contributed by atoms with Crippen LogP contribution in [0.3, 0.4) is 0 Å². The Balaban J connectivity index is 1.82. The standard InChI is InChI=1S/C10H14N4OS/c1-7-2-3-8(14-13-7)4-11-10(15)9-5-16-6-12-9/h2-3,9,12H,4-6H2,1H3,(H,11,15). The lowest BCUT2D eigenvalue weighted by molar-refractivity contribution is -0.122. The maximum Gasteiger partial charge on any atom is 0.238 e. The van der Waals surface area contributed by atoms with E-state index in [9.17, 15) is 4.79 Å². The summed E-state index contributed by atoms with van der Waals surface area (Å²) in [6.45, 7) is 2.32. The van der Waals surface area contributed by atoms with E-state index >= 15 is 0 Å². The fraction of sp³-hybridized carbons (Fsp3) is 0.500. The van der Waals surface area contributed by atoms with Crippen LogP contribution in [0, 0.1) is 6.92 Å². The number of hydrogen-bond acceptors (Lipinski definition) is 5. The van der Waals surface area contributed by atoms with Crippen molar-refractivity contribution in [2.24, 2.45) is 0 Å². The Labute approximate surface area is 98.4 Å². The van der Waals surface area contributed by atoms with E-state index in [0.29, 0.717) is 6.54 Å². The average Bonchev–Trinajstić information content (AvgIpc) is 2.81. The number of hydrogen-bond donors (Lipinski definition) is 2. The molecule has 5 nitrogen and oxygen atoms in total. The molecule has 1 unspecified atom stereocenters. The predicted octanol–water partition coefficient (Wildman–Crippen LogP) is 0.0637. The zero-order valence-corrected chi connectivity index (χ0v) is 9.88. The molecule has 2 heterocycles. The van der Waals surface area contributed by atoms with Gasteiger partial charge < -0.3 is 5.32 Å². The molecule has 86 valence electrons. The van der Waals surface area contributed by atoms with Crippen LogP contribution in [0.25, 0.3) is 0 Å². The molecule has 1 atom stereocenters. The Bertz CT molecular complexity index is 362. The van der Waals surface area contributed by atoms with Crippen molar-refractivity contribution in [3.05, 3.63) is 23.5 Å². The highest BCUT2D eigenvalue weighted by Crippen LogP contribution is 2.09. The number of thioether (sulfide) groups is 1. The first-order valence-electron chi connectivity index (χ1n) is 5.14. The molecule has 0 bridgehead atoms. The summed E-state index contributed by atoms with van der Waals surface area (Å²) in [7, 11) is 0. The van der Waals surface area contributed by atoms with Crippen LogP contribution in [-0.2, 0) is 11.3 Å². The van der Waals surface area contributed by atoms with Crippen molar-refractivity contribution in [2.75, 3.05) is 11.6 Å². The number of rotatable bonds is 3. The molecule has 1 fully saturated rings.